The van der Waals surface area contributed by atoms with Crippen molar-refractivity contribution >= 4 is 5.97 Å². The maximum atomic E-state index is 11.9. The lowest BCUT2D eigenvalue weighted by Crippen LogP contribution is -2.43. The van der Waals surface area contributed by atoms with Gasteiger partial charge in [-0.3, -0.25) is 4.90 Å². The molecule has 0 spiro atoms. The Morgan fingerprint density at radius 1 is 1.33 bits per heavy atom. The minimum Gasteiger partial charge on any atom is -0.465 e. The number of hydrogen-bond acceptors (Lipinski definition) is 4. The van der Waals surface area contributed by atoms with Gasteiger partial charge >= 0.3 is 5.97 Å². The quantitative estimate of drug-likeness (QED) is 0.817. The number of piperidine rings is 1. The molecule has 4 nitrogen and oxygen atoms in total. The number of nitrogens with one attached hydrogen (secondary N) is 1. The lowest BCUT2D eigenvalue weighted by atomic mass is 10.0. The Balaban J connectivity index is 2.14. The molecule has 4 heteroatoms. The van der Waals surface area contributed by atoms with Crippen LogP contribution in [0.4, 0.5) is 0 Å². The predicted molar refractivity (Wildman–Crippen MR) is 84.4 cm³/mol. The summed E-state index contributed by atoms with van der Waals surface area (Å²) in [5, 5.41) is 3.41. The second-order valence-corrected chi connectivity index (χ2v) is 5.60. The van der Waals surface area contributed by atoms with E-state index in [-0.39, 0.29) is 5.97 Å². The molecule has 1 aromatic rings. The first-order valence-electron chi connectivity index (χ1n) is 7.87. The van der Waals surface area contributed by atoms with Gasteiger partial charge in [-0.05, 0) is 50.5 Å². The highest BCUT2D eigenvalue weighted by molar-refractivity contribution is 5.90. The predicted octanol–water partition coefficient (Wildman–Crippen LogP) is 2.44. The van der Waals surface area contributed by atoms with Gasteiger partial charge in [-0.25, -0.2) is 4.79 Å². The Morgan fingerprint density at radius 3 is 2.71 bits per heavy atom. The van der Waals surface area contributed by atoms with E-state index in [4.69, 9.17) is 4.74 Å². The number of esters is 1. The summed E-state index contributed by atoms with van der Waals surface area (Å²) >= 11 is 0. The lowest BCUT2D eigenvalue weighted by Gasteiger charge is -2.34. The first-order chi connectivity index (χ1) is 10.3. The number of carbonyl (C=O) groups excluding carboxylic acids is 1. The van der Waals surface area contributed by atoms with Gasteiger partial charge in [0, 0.05) is 12.6 Å². The van der Waals surface area contributed by atoms with E-state index in [1.807, 2.05) is 24.3 Å². The van der Waals surface area contributed by atoms with Crippen molar-refractivity contribution in [1.29, 1.82) is 0 Å². The first kappa shape index (κ1) is 16.0. The van der Waals surface area contributed by atoms with Crippen molar-refractivity contribution in [2.75, 3.05) is 26.7 Å². The second-order valence-electron chi connectivity index (χ2n) is 5.60. The third-order valence-corrected chi connectivity index (χ3v) is 4.13. The first-order valence-corrected chi connectivity index (χ1v) is 7.87. The van der Waals surface area contributed by atoms with E-state index in [1.165, 1.54) is 20.0 Å². The Labute approximate surface area is 127 Å². The van der Waals surface area contributed by atoms with E-state index >= 15 is 0 Å². The van der Waals surface area contributed by atoms with Gasteiger partial charge in [-0.15, -0.1) is 0 Å². The van der Waals surface area contributed by atoms with Crippen LogP contribution < -0.4 is 5.32 Å². The fourth-order valence-electron chi connectivity index (χ4n) is 3.04. The van der Waals surface area contributed by atoms with Gasteiger partial charge in [0.2, 0.25) is 0 Å². The Morgan fingerprint density at radius 2 is 2.05 bits per heavy atom. The Hall–Kier alpha value is -1.39. The van der Waals surface area contributed by atoms with Crippen LogP contribution in [0.1, 0.15) is 42.1 Å². The summed E-state index contributed by atoms with van der Waals surface area (Å²) in [4.78, 5) is 14.4. The molecule has 0 unspecified atom stereocenters. The fraction of sp³-hybridized carbons (Fsp3) is 0.588. The van der Waals surface area contributed by atoms with Crippen LogP contribution in [0.2, 0.25) is 0 Å². The van der Waals surface area contributed by atoms with Crippen LogP contribution in [0.15, 0.2) is 24.3 Å². The summed E-state index contributed by atoms with van der Waals surface area (Å²) in [6, 6.07) is 8.39. The highest BCUT2D eigenvalue weighted by atomic mass is 16.5. The van der Waals surface area contributed by atoms with Crippen molar-refractivity contribution < 1.29 is 9.53 Å². The van der Waals surface area contributed by atoms with E-state index in [2.05, 4.69) is 17.1 Å². The molecule has 21 heavy (non-hydrogen) atoms. The highest BCUT2D eigenvalue weighted by Crippen LogP contribution is 2.19. The molecule has 2 rings (SSSR count). The van der Waals surface area contributed by atoms with Crippen LogP contribution in [0.25, 0.3) is 0 Å². The topological polar surface area (TPSA) is 41.6 Å². The van der Waals surface area contributed by atoms with Gasteiger partial charge in [-0.1, -0.05) is 25.1 Å². The molecular weight excluding hydrogens is 264 g/mol. The summed E-state index contributed by atoms with van der Waals surface area (Å²) in [6.45, 7) is 6.28. The smallest absolute Gasteiger partial charge is 0.338 e. The third kappa shape index (κ3) is 4.29. The zero-order valence-electron chi connectivity index (χ0n) is 13.1. The number of nitrogens with zero attached hydrogens (tertiary/aromatic N) is 1. The van der Waals surface area contributed by atoms with Crippen molar-refractivity contribution in [2.45, 2.75) is 38.8 Å². The van der Waals surface area contributed by atoms with Crippen LogP contribution in [-0.2, 0) is 11.3 Å². The zero-order chi connectivity index (χ0) is 15.1. The van der Waals surface area contributed by atoms with Crippen molar-refractivity contribution in [2.24, 2.45) is 0 Å². The summed E-state index contributed by atoms with van der Waals surface area (Å²) < 4.78 is 4.90. The fourth-order valence-corrected chi connectivity index (χ4v) is 3.04. The molecule has 1 heterocycles. The Bertz CT molecular complexity index is 456. The van der Waals surface area contributed by atoms with Gasteiger partial charge in [0.1, 0.15) is 0 Å². The Kier molecular flexibility index (Phi) is 6.21. The number of rotatable bonds is 6. The SMILES string of the molecule is CCCN(Cc1ccccc1C(=O)OC)C1CCNCC1. The molecule has 0 saturated carbocycles. The van der Waals surface area contributed by atoms with Gasteiger partial charge in [0.25, 0.3) is 0 Å². The van der Waals surface area contributed by atoms with Crippen LogP contribution in [-0.4, -0.2) is 43.7 Å². The van der Waals surface area contributed by atoms with Crippen LogP contribution in [0.5, 0.6) is 0 Å². The molecule has 0 bridgehead atoms. The molecule has 0 aliphatic carbocycles. The standard InChI is InChI=1S/C17H26N2O2/c1-3-12-19(15-8-10-18-11-9-15)13-14-6-4-5-7-16(14)17(20)21-2/h4-7,15,18H,3,8-13H2,1-2H3. The van der Waals surface area contributed by atoms with E-state index in [9.17, 15) is 4.79 Å². The normalized spacial score (nSPS) is 16.1. The van der Waals surface area contributed by atoms with Crippen molar-refractivity contribution in [3.05, 3.63) is 35.4 Å². The molecule has 0 amide bonds. The van der Waals surface area contributed by atoms with E-state index < -0.39 is 0 Å². The summed E-state index contributed by atoms with van der Waals surface area (Å²) in [7, 11) is 1.44. The minimum atomic E-state index is -0.243. The summed E-state index contributed by atoms with van der Waals surface area (Å²) in [6.07, 6.45) is 3.49. The molecule has 1 aliphatic heterocycles. The average Bonchev–Trinajstić information content (AvgIpc) is 2.55. The molecule has 0 aromatic heterocycles. The molecule has 0 atom stereocenters. The average molecular weight is 290 g/mol. The van der Waals surface area contributed by atoms with Crippen molar-refractivity contribution in [3.8, 4) is 0 Å². The maximum Gasteiger partial charge on any atom is 0.338 e. The monoisotopic (exact) mass is 290 g/mol. The van der Waals surface area contributed by atoms with Crippen LogP contribution >= 0.6 is 0 Å². The minimum absolute atomic E-state index is 0.243. The van der Waals surface area contributed by atoms with Gasteiger partial charge in [0.05, 0.1) is 12.7 Å². The van der Waals surface area contributed by atoms with E-state index in [0.717, 1.165) is 38.2 Å². The third-order valence-electron chi connectivity index (χ3n) is 4.13. The molecule has 1 fully saturated rings. The number of benzene rings is 1. The summed E-state index contributed by atoms with van der Waals surface area (Å²) in [5.74, 6) is -0.243. The molecule has 1 aliphatic rings. The largest absolute Gasteiger partial charge is 0.465 e. The summed E-state index contributed by atoms with van der Waals surface area (Å²) in [5.41, 5.74) is 1.76. The van der Waals surface area contributed by atoms with Crippen molar-refractivity contribution in [1.82, 2.24) is 10.2 Å². The van der Waals surface area contributed by atoms with E-state index in [0.29, 0.717) is 11.6 Å². The van der Waals surface area contributed by atoms with E-state index in [1.54, 1.807) is 0 Å². The maximum absolute atomic E-state index is 11.9. The molecule has 1 N–H and O–H groups in total. The number of methoxy groups -OCH3 is 1. The molecule has 1 aromatic carbocycles. The zero-order valence-corrected chi connectivity index (χ0v) is 13.1. The molecule has 116 valence electrons. The van der Waals surface area contributed by atoms with Gasteiger partial charge in [-0.2, -0.15) is 0 Å². The molecule has 0 radical (unpaired) electrons. The molecular formula is C17H26N2O2. The second kappa shape index (κ2) is 8.15. The van der Waals surface area contributed by atoms with Gasteiger partial charge in [0.15, 0.2) is 0 Å². The number of ether oxygens (including phenoxy) is 1. The van der Waals surface area contributed by atoms with Crippen LogP contribution in [0.3, 0.4) is 0 Å². The lowest BCUT2D eigenvalue weighted by molar-refractivity contribution is 0.0597. The number of carbonyl (C=O) groups is 1. The number of hydrogen-bond donors (Lipinski definition) is 1. The highest BCUT2D eigenvalue weighted by Gasteiger charge is 2.22. The molecule has 1 saturated heterocycles. The van der Waals surface area contributed by atoms with Crippen LogP contribution in [0, 0.1) is 0 Å². The van der Waals surface area contributed by atoms with Crippen molar-refractivity contribution in [3.63, 3.8) is 0 Å². The van der Waals surface area contributed by atoms with Gasteiger partial charge < -0.3 is 10.1 Å².